The molecular formula is C14H21NO. The van der Waals surface area contributed by atoms with Gasteiger partial charge in [0, 0.05) is 17.5 Å². The van der Waals surface area contributed by atoms with Crippen molar-refractivity contribution in [1.29, 1.82) is 0 Å². The second-order valence-corrected chi connectivity index (χ2v) is 5.07. The molecule has 2 rings (SSSR count). The Kier molecular flexibility index (Phi) is 3.20. The van der Waals surface area contributed by atoms with Crippen molar-refractivity contribution in [2.24, 2.45) is 5.73 Å². The van der Waals surface area contributed by atoms with Gasteiger partial charge in [-0.2, -0.15) is 0 Å². The van der Waals surface area contributed by atoms with Gasteiger partial charge >= 0.3 is 0 Å². The zero-order valence-electron chi connectivity index (χ0n) is 10.00. The quantitative estimate of drug-likeness (QED) is 0.803. The van der Waals surface area contributed by atoms with Crippen LogP contribution in [0.25, 0.3) is 0 Å². The van der Waals surface area contributed by atoms with E-state index < -0.39 is 0 Å². The van der Waals surface area contributed by atoms with Crippen LogP contribution in [0.2, 0.25) is 0 Å². The van der Waals surface area contributed by atoms with Gasteiger partial charge in [-0.05, 0) is 31.4 Å². The summed E-state index contributed by atoms with van der Waals surface area (Å²) in [7, 11) is 0. The molecule has 0 atom stereocenters. The molecule has 0 aliphatic heterocycles. The van der Waals surface area contributed by atoms with Crippen molar-refractivity contribution in [2.45, 2.75) is 44.4 Å². The summed E-state index contributed by atoms with van der Waals surface area (Å²) in [5.74, 6) is 0.423. The first-order chi connectivity index (χ1) is 7.68. The molecule has 1 aromatic rings. The van der Waals surface area contributed by atoms with Crippen molar-refractivity contribution in [3.63, 3.8) is 0 Å². The molecule has 1 aliphatic carbocycles. The predicted octanol–water partition coefficient (Wildman–Crippen LogP) is 2.86. The maximum atomic E-state index is 10.1. The number of hydrogen-bond acceptors (Lipinski definition) is 2. The van der Waals surface area contributed by atoms with E-state index in [4.69, 9.17) is 5.73 Å². The lowest BCUT2D eigenvalue weighted by molar-refractivity contribution is 0.291. The van der Waals surface area contributed by atoms with E-state index in [1.807, 2.05) is 13.0 Å². The van der Waals surface area contributed by atoms with Gasteiger partial charge in [-0.3, -0.25) is 0 Å². The molecule has 2 nitrogen and oxygen atoms in total. The van der Waals surface area contributed by atoms with E-state index in [1.54, 1.807) is 0 Å². The van der Waals surface area contributed by atoms with E-state index in [1.165, 1.54) is 19.3 Å². The SMILES string of the molecule is Cc1ccc(C2(CN)CCCCC2)c(O)c1. The number of phenols is 1. The molecule has 88 valence electrons. The number of nitrogens with two attached hydrogens (primary N) is 1. The molecule has 1 aromatic carbocycles. The first-order valence-electron chi connectivity index (χ1n) is 6.18. The molecule has 0 bridgehead atoms. The number of phenolic OH excluding ortho intramolecular Hbond substituents is 1. The zero-order valence-corrected chi connectivity index (χ0v) is 10.00. The van der Waals surface area contributed by atoms with Crippen LogP contribution in [0, 0.1) is 6.92 Å². The van der Waals surface area contributed by atoms with Crippen LogP contribution in [0.15, 0.2) is 18.2 Å². The number of hydrogen-bond donors (Lipinski definition) is 2. The van der Waals surface area contributed by atoms with Gasteiger partial charge in [0.1, 0.15) is 5.75 Å². The van der Waals surface area contributed by atoms with Gasteiger partial charge in [-0.15, -0.1) is 0 Å². The molecule has 2 heteroatoms. The molecule has 0 unspecified atom stereocenters. The fraction of sp³-hybridized carbons (Fsp3) is 0.571. The van der Waals surface area contributed by atoms with Crippen LogP contribution in [-0.4, -0.2) is 11.7 Å². The summed E-state index contributed by atoms with van der Waals surface area (Å²) in [4.78, 5) is 0. The Bertz CT molecular complexity index is 367. The second-order valence-electron chi connectivity index (χ2n) is 5.07. The van der Waals surface area contributed by atoms with Crippen LogP contribution < -0.4 is 5.73 Å². The van der Waals surface area contributed by atoms with Crippen LogP contribution in [0.3, 0.4) is 0 Å². The average molecular weight is 219 g/mol. The minimum absolute atomic E-state index is 0.0238. The summed E-state index contributed by atoms with van der Waals surface area (Å²) < 4.78 is 0. The first kappa shape index (κ1) is 11.5. The standard InChI is InChI=1S/C14H21NO/c1-11-5-6-12(13(16)9-11)14(10-15)7-3-2-4-8-14/h5-6,9,16H,2-4,7-8,10,15H2,1H3. The van der Waals surface area contributed by atoms with Gasteiger partial charge in [0.15, 0.2) is 0 Å². The molecule has 1 fully saturated rings. The molecule has 16 heavy (non-hydrogen) atoms. The van der Waals surface area contributed by atoms with E-state index in [0.717, 1.165) is 24.0 Å². The van der Waals surface area contributed by atoms with Crippen molar-refractivity contribution in [2.75, 3.05) is 6.54 Å². The average Bonchev–Trinajstić information content (AvgIpc) is 2.30. The second kappa shape index (κ2) is 4.46. The maximum Gasteiger partial charge on any atom is 0.119 e. The first-order valence-corrected chi connectivity index (χ1v) is 6.18. The third-order valence-electron chi connectivity index (χ3n) is 3.93. The minimum Gasteiger partial charge on any atom is -0.508 e. The summed E-state index contributed by atoms with van der Waals surface area (Å²) in [5.41, 5.74) is 8.15. The lowest BCUT2D eigenvalue weighted by Gasteiger charge is -2.37. The van der Waals surface area contributed by atoms with Gasteiger partial charge in [0.2, 0.25) is 0 Å². The molecule has 0 radical (unpaired) electrons. The highest BCUT2D eigenvalue weighted by molar-refractivity contribution is 5.42. The number of aromatic hydroxyl groups is 1. The Balaban J connectivity index is 2.39. The lowest BCUT2D eigenvalue weighted by atomic mass is 9.69. The molecule has 0 heterocycles. The molecule has 0 aromatic heterocycles. The molecule has 0 spiro atoms. The monoisotopic (exact) mass is 219 g/mol. The highest BCUT2D eigenvalue weighted by atomic mass is 16.3. The topological polar surface area (TPSA) is 46.2 Å². The third-order valence-corrected chi connectivity index (χ3v) is 3.93. The molecule has 3 N–H and O–H groups in total. The largest absolute Gasteiger partial charge is 0.508 e. The van der Waals surface area contributed by atoms with Crippen molar-refractivity contribution < 1.29 is 5.11 Å². The van der Waals surface area contributed by atoms with Gasteiger partial charge < -0.3 is 10.8 Å². The van der Waals surface area contributed by atoms with E-state index in [0.29, 0.717) is 12.3 Å². The summed E-state index contributed by atoms with van der Waals surface area (Å²) in [5, 5.41) is 10.1. The molecule has 1 aliphatic rings. The van der Waals surface area contributed by atoms with Crippen molar-refractivity contribution in [3.8, 4) is 5.75 Å². The smallest absolute Gasteiger partial charge is 0.119 e. The van der Waals surface area contributed by atoms with E-state index >= 15 is 0 Å². The Hall–Kier alpha value is -1.02. The Morgan fingerprint density at radius 2 is 1.94 bits per heavy atom. The zero-order chi connectivity index (χ0) is 11.6. The third kappa shape index (κ3) is 1.94. The van der Waals surface area contributed by atoms with Crippen molar-refractivity contribution >= 4 is 0 Å². The fourth-order valence-corrected chi connectivity index (χ4v) is 2.90. The number of aryl methyl sites for hydroxylation is 1. The highest BCUT2D eigenvalue weighted by Crippen LogP contribution is 2.42. The Morgan fingerprint density at radius 1 is 1.25 bits per heavy atom. The van der Waals surface area contributed by atoms with Crippen LogP contribution >= 0.6 is 0 Å². The Labute approximate surface area is 97.5 Å². The van der Waals surface area contributed by atoms with Crippen molar-refractivity contribution in [3.05, 3.63) is 29.3 Å². The molecule has 0 amide bonds. The van der Waals surface area contributed by atoms with Crippen LogP contribution in [0.1, 0.15) is 43.2 Å². The summed E-state index contributed by atoms with van der Waals surface area (Å²) in [6.07, 6.45) is 5.98. The van der Waals surface area contributed by atoms with Gasteiger partial charge in [0.25, 0.3) is 0 Å². The number of rotatable bonds is 2. The summed E-state index contributed by atoms with van der Waals surface area (Å²) in [6, 6.07) is 5.98. The molecular weight excluding hydrogens is 198 g/mol. The van der Waals surface area contributed by atoms with E-state index in [2.05, 4.69) is 12.1 Å². The van der Waals surface area contributed by atoms with E-state index in [9.17, 15) is 5.11 Å². The predicted molar refractivity (Wildman–Crippen MR) is 66.7 cm³/mol. The Morgan fingerprint density at radius 3 is 2.50 bits per heavy atom. The molecule has 0 saturated heterocycles. The van der Waals surface area contributed by atoms with Gasteiger partial charge in [0.05, 0.1) is 0 Å². The lowest BCUT2D eigenvalue weighted by Crippen LogP contribution is -2.37. The summed E-state index contributed by atoms with van der Waals surface area (Å²) in [6.45, 7) is 2.64. The minimum atomic E-state index is 0.0238. The van der Waals surface area contributed by atoms with Crippen LogP contribution in [-0.2, 0) is 5.41 Å². The fourth-order valence-electron chi connectivity index (χ4n) is 2.90. The molecule has 1 saturated carbocycles. The summed E-state index contributed by atoms with van der Waals surface area (Å²) >= 11 is 0. The maximum absolute atomic E-state index is 10.1. The normalized spacial score (nSPS) is 19.6. The van der Waals surface area contributed by atoms with Crippen LogP contribution in [0.5, 0.6) is 5.75 Å². The van der Waals surface area contributed by atoms with Crippen molar-refractivity contribution in [1.82, 2.24) is 0 Å². The highest BCUT2D eigenvalue weighted by Gasteiger charge is 2.34. The van der Waals surface area contributed by atoms with Gasteiger partial charge in [-0.1, -0.05) is 31.4 Å². The van der Waals surface area contributed by atoms with Crippen LogP contribution in [0.4, 0.5) is 0 Å². The van der Waals surface area contributed by atoms with Gasteiger partial charge in [-0.25, -0.2) is 0 Å². The van der Waals surface area contributed by atoms with E-state index in [-0.39, 0.29) is 5.41 Å². The number of benzene rings is 1.